The maximum absolute atomic E-state index is 13.8. The Morgan fingerprint density at radius 1 is 1.36 bits per heavy atom. The molecule has 3 rings (SSSR count). The zero-order chi connectivity index (χ0) is 15.7. The van der Waals surface area contributed by atoms with Gasteiger partial charge in [0.1, 0.15) is 11.3 Å². The number of para-hydroxylation sites is 1. The Hall–Kier alpha value is -2.49. The fraction of sp³-hybridized carbons (Fsp3) is 0. The first-order valence-electron chi connectivity index (χ1n) is 6.14. The summed E-state index contributed by atoms with van der Waals surface area (Å²) in [5.41, 5.74) is 0.593. The number of nitrogens with zero attached hydrogens (tertiary/aromatic N) is 2. The van der Waals surface area contributed by atoms with Gasteiger partial charge >= 0.3 is 0 Å². The van der Waals surface area contributed by atoms with Gasteiger partial charge in [-0.3, -0.25) is 10.1 Å². The maximum Gasteiger partial charge on any atom is 0.260 e. The van der Waals surface area contributed by atoms with Crippen LogP contribution in [0.25, 0.3) is 10.2 Å². The molecule has 0 saturated carbocycles. The highest BCUT2D eigenvalue weighted by atomic mass is 35.5. The Balaban J connectivity index is 1.90. The monoisotopic (exact) mass is 331 g/mol. The average Bonchev–Trinajstić information content (AvgIpc) is 2.90. The van der Waals surface area contributed by atoms with Crippen LogP contribution in [-0.4, -0.2) is 10.9 Å². The van der Waals surface area contributed by atoms with E-state index in [4.69, 9.17) is 16.9 Å². The predicted molar refractivity (Wildman–Crippen MR) is 83.7 cm³/mol. The van der Waals surface area contributed by atoms with Crippen molar-refractivity contribution in [2.75, 3.05) is 5.32 Å². The van der Waals surface area contributed by atoms with Crippen LogP contribution in [0.15, 0.2) is 36.4 Å². The fourth-order valence-corrected chi connectivity index (χ4v) is 3.06. The highest BCUT2D eigenvalue weighted by molar-refractivity contribution is 7.22. The van der Waals surface area contributed by atoms with Crippen LogP contribution in [0.1, 0.15) is 15.9 Å². The molecule has 1 amide bonds. The highest BCUT2D eigenvalue weighted by Gasteiger charge is 2.15. The molecule has 108 valence electrons. The number of amides is 1. The lowest BCUT2D eigenvalue weighted by molar-refractivity contribution is 0.102. The molecular weight excluding hydrogens is 325 g/mol. The number of hydrogen-bond acceptors (Lipinski definition) is 4. The first-order chi connectivity index (χ1) is 10.6. The van der Waals surface area contributed by atoms with Crippen LogP contribution < -0.4 is 5.32 Å². The Morgan fingerprint density at radius 2 is 2.18 bits per heavy atom. The van der Waals surface area contributed by atoms with Gasteiger partial charge in [-0.05, 0) is 30.3 Å². The SMILES string of the molecule is N#Cc1ccc(C(=O)Nc2nc3c(Cl)cccc3s2)c(F)c1. The van der Waals surface area contributed by atoms with Gasteiger partial charge in [0.2, 0.25) is 0 Å². The molecule has 0 aliphatic carbocycles. The number of carbonyl (C=O) groups is 1. The van der Waals surface area contributed by atoms with Crippen LogP contribution in [0.5, 0.6) is 0 Å². The molecule has 3 aromatic rings. The van der Waals surface area contributed by atoms with Crippen LogP contribution in [0.3, 0.4) is 0 Å². The number of nitrogens with one attached hydrogen (secondary N) is 1. The minimum absolute atomic E-state index is 0.149. The van der Waals surface area contributed by atoms with E-state index < -0.39 is 11.7 Å². The van der Waals surface area contributed by atoms with Crippen molar-refractivity contribution in [1.82, 2.24) is 4.98 Å². The zero-order valence-corrected chi connectivity index (χ0v) is 12.5. The minimum atomic E-state index is -0.754. The molecule has 2 aromatic carbocycles. The molecular formula is C15H7ClFN3OS. The molecule has 0 atom stereocenters. The van der Waals surface area contributed by atoms with Gasteiger partial charge in [0.05, 0.1) is 26.9 Å². The second kappa shape index (κ2) is 5.72. The number of carbonyl (C=O) groups excluding carboxylic acids is 1. The normalized spacial score (nSPS) is 10.4. The Kier molecular flexibility index (Phi) is 3.75. The summed E-state index contributed by atoms with van der Waals surface area (Å²) >= 11 is 7.27. The lowest BCUT2D eigenvalue weighted by Crippen LogP contribution is -2.13. The molecule has 1 heterocycles. The van der Waals surface area contributed by atoms with Gasteiger partial charge in [0.15, 0.2) is 5.13 Å². The summed E-state index contributed by atoms with van der Waals surface area (Å²) in [7, 11) is 0. The Morgan fingerprint density at radius 3 is 2.86 bits per heavy atom. The number of thiazole rings is 1. The number of aromatic nitrogens is 1. The number of nitriles is 1. The molecule has 1 N–H and O–H groups in total. The summed E-state index contributed by atoms with van der Waals surface area (Å²) in [6.45, 7) is 0. The minimum Gasteiger partial charge on any atom is -0.298 e. The summed E-state index contributed by atoms with van der Waals surface area (Å²) in [5.74, 6) is -1.38. The van der Waals surface area contributed by atoms with Gasteiger partial charge in [0, 0.05) is 0 Å². The van der Waals surface area contributed by atoms with Crippen molar-refractivity contribution in [3.05, 3.63) is 58.4 Å². The van der Waals surface area contributed by atoms with Gasteiger partial charge in [-0.25, -0.2) is 9.37 Å². The fourth-order valence-electron chi connectivity index (χ4n) is 1.90. The van der Waals surface area contributed by atoms with Gasteiger partial charge in [-0.15, -0.1) is 0 Å². The Bertz CT molecular complexity index is 932. The molecule has 7 heteroatoms. The number of rotatable bonds is 2. The summed E-state index contributed by atoms with van der Waals surface area (Å²) in [4.78, 5) is 16.3. The van der Waals surface area contributed by atoms with E-state index >= 15 is 0 Å². The van der Waals surface area contributed by atoms with E-state index in [0.717, 1.165) is 10.8 Å². The molecule has 0 radical (unpaired) electrons. The van der Waals surface area contributed by atoms with Crippen molar-refractivity contribution in [2.45, 2.75) is 0 Å². The average molecular weight is 332 g/mol. The summed E-state index contributed by atoms with van der Waals surface area (Å²) in [6.07, 6.45) is 0. The molecule has 0 spiro atoms. The molecule has 0 bridgehead atoms. The maximum atomic E-state index is 13.8. The Labute approximate surface area is 133 Å². The summed E-state index contributed by atoms with van der Waals surface area (Å²) < 4.78 is 14.6. The molecule has 4 nitrogen and oxygen atoms in total. The second-order valence-electron chi connectivity index (χ2n) is 4.37. The van der Waals surface area contributed by atoms with Crippen molar-refractivity contribution in [1.29, 1.82) is 5.26 Å². The van der Waals surface area contributed by atoms with E-state index in [2.05, 4.69) is 10.3 Å². The molecule has 1 aromatic heterocycles. The molecule has 0 fully saturated rings. The van der Waals surface area contributed by atoms with E-state index in [9.17, 15) is 9.18 Å². The topological polar surface area (TPSA) is 65.8 Å². The van der Waals surface area contributed by atoms with E-state index in [1.807, 2.05) is 12.1 Å². The van der Waals surface area contributed by atoms with Crippen molar-refractivity contribution < 1.29 is 9.18 Å². The molecule has 0 aliphatic rings. The predicted octanol–water partition coefficient (Wildman–Crippen LogP) is 4.21. The number of halogens is 2. The molecule has 0 aliphatic heterocycles. The van der Waals surface area contributed by atoms with Crippen LogP contribution in [0.4, 0.5) is 9.52 Å². The third kappa shape index (κ3) is 2.64. The summed E-state index contributed by atoms with van der Waals surface area (Å²) in [6, 6.07) is 10.8. The van der Waals surface area contributed by atoms with Crippen molar-refractivity contribution in [3.8, 4) is 6.07 Å². The van der Waals surface area contributed by atoms with E-state index in [0.29, 0.717) is 15.7 Å². The van der Waals surface area contributed by atoms with Crippen LogP contribution >= 0.6 is 22.9 Å². The standard InChI is InChI=1S/C15H7ClFN3OS/c16-10-2-1-3-12-13(10)19-15(22-12)20-14(21)9-5-4-8(7-18)6-11(9)17/h1-6H,(H,19,20,21). The van der Waals surface area contributed by atoms with Gasteiger partial charge in [0.25, 0.3) is 5.91 Å². The van der Waals surface area contributed by atoms with Gasteiger partial charge in [-0.2, -0.15) is 5.26 Å². The van der Waals surface area contributed by atoms with Gasteiger partial charge < -0.3 is 0 Å². The molecule has 0 unspecified atom stereocenters. The highest BCUT2D eigenvalue weighted by Crippen LogP contribution is 2.30. The van der Waals surface area contributed by atoms with Gasteiger partial charge in [-0.1, -0.05) is 29.0 Å². The van der Waals surface area contributed by atoms with Crippen molar-refractivity contribution in [2.24, 2.45) is 0 Å². The van der Waals surface area contributed by atoms with Crippen LogP contribution in [0, 0.1) is 17.1 Å². The first-order valence-corrected chi connectivity index (χ1v) is 7.34. The lowest BCUT2D eigenvalue weighted by atomic mass is 10.1. The van der Waals surface area contributed by atoms with E-state index in [1.54, 1.807) is 12.1 Å². The third-order valence-corrected chi connectivity index (χ3v) is 4.17. The third-order valence-electron chi connectivity index (χ3n) is 2.93. The number of fused-ring (bicyclic) bond motifs is 1. The lowest BCUT2D eigenvalue weighted by Gasteiger charge is -2.03. The summed E-state index contributed by atoms with van der Waals surface area (Å²) in [5, 5.41) is 12.1. The smallest absolute Gasteiger partial charge is 0.260 e. The quantitative estimate of drug-likeness (QED) is 0.764. The number of hydrogen-bond donors (Lipinski definition) is 1. The zero-order valence-electron chi connectivity index (χ0n) is 10.9. The van der Waals surface area contributed by atoms with E-state index in [-0.39, 0.29) is 11.1 Å². The first kappa shape index (κ1) is 14.4. The molecule has 22 heavy (non-hydrogen) atoms. The van der Waals surface area contributed by atoms with Crippen LogP contribution in [-0.2, 0) is 0 Å². The van der Waals surface area contributed by atoms with Crippen LogP contribution in [0.2, 0.25) is 5.02 Å². The van der Waals surface area contributed by atoms with E-state index in [1.165, 1.54) is 23.5 Å². The largest absolute Gasteiger partial charge is 0.298 e. The van der Waals surface area contributed by atoms with Crippen molar-refractivity contribution in [3.63, 3.8) is 0 Å². The van der Waals surface area contributed by atoms with Crippen molar-refractivity contribution >= 4 is 44.2 Å². The second-order valence-corrected chi connectivity index (χ2v) is 5.80. The molecule has 0 saturated heterocycles. The number of anilines is 1. The number of benzene rings is 2.